The molecule has 0 aliphatic heterocycles. The van der Waals surface area contributed by atoms with E-state index < -0.39 is 0 Å². The Balaban J connectivity index is 1.59. The largest absolute Gasteiger partial charge is 0.351 e. The Hall–Kier alpha value is -3.85. The minimum absolute atomic E-state index is 0.0909. The Bertz CT molecular complexity index is 1160. The van der Waals surface area contributed by atoms with Crippen LogP contribution in [0.3, 0.4) is 0 Å². The summed E-state index contributed by atoms with van der Waals surface area (Å²) in [6.45, 7) is 7.62. The summed E-state index contributed by atoms with van der Waals surface area (Å²) in [5, 5.41) is 2.99. The molecule has 4 rings (SSSR count). The molecule has 1 N–H and O–H groups in total. The lowest BCUT2D eigenvalue weighted by Gasteiger charge is -2.23. The second-order valence-electron chi connectivity index (χ2n) is 7.17. The number of nitrogens with zero attached hydrogens (tertiary/aromatic N) is 7. The molecule has 0 unspecified atom stereocenters. The molecule has 1 aromatic carbocycles. The third kappa shape index (κ3) is 4.57. The molecular weight excluding hydrogens is 404 g/mol. The minimum Gasteiger partial charge on any atom is -0.351 e. The number of carbonyl (C=O) groups is 1. The number of benzene rings is 1. The summed E-state index contributed by atoms with van der Waals surface area (Å²) in [5.41, 5.74) is 2.87. The van der Waals surface area contributed by atoms with E-state index in [4.69, 9.17) is 0 Å². The molecule has 0 atom stereocenters. The maximum Gasteiger partial charge on any atom is 0.251 e. The summed E-state index contributed by atoms with van der Waals surface area (Å²) < 4.78 is 1.90. The molecule has 9 nitrogen and oxygen atoms in total. The number of fused-ring (bicyclic) bond motifs is 1. The second kappa shape index (κ2) is 9.97. The molecule has 9 heteroatoms. The molecule has 32 heavy (non-hydrogen) atoms. The summed E-state index contributed by atoms with van der Waals surface area (Å²) in [4.78, 5) is 34.1. The number of nitrogens with one attached hydrogen (secondary N) is 1. The average molecular weight is 431 g/mol. The molecular formula is C23H26N8O. The van der Waals surface area contributed by atoms with Gasteiger partial charge in [0.25, 0.3) is 5.91 Å². The lowest BCUT2D eigenvalue weighted by molar-refractivity contribution is 0.0949. The van der Waals surface area contributed by atoms with Crippen molar-refractivity contribution in [1.29, 1.82) is 0 Å². The Morgan fingerprint density at radius 1 is 0.969 bits per heavy atom. The molecule has 0 fully saturated rings. The molecule has 4 aromatic rings. The van der Waals surface area contributed by atoms with Crippen LogP contribution < -0.4 is 10.2 Å². The van der Waals surface area contributed by atoms with Gasteiger partial charge < -0.3 is 14.6 Å². The normalized spacial score (nSPS) is 11.1. The van der Waals surface area contributed by atoms with Crippen LogP contribution in [0.5, 0.6) is 0 Å². The van der Waals surface area contributed by atoms with E-state index in [9.17, 15) is 4.79 Å². The third-order valence-corrected chi connectivity index (χ3v) is 5.31. The van der Waals surface area contributed by atoms with E-state index in [1.807, 2.05) is 46.0 Å². The van der Waals surface area contributed by atoms with Crippen LogP contribution in [0.2, 0.25) is 0 Å². The van der Waals surface area contributed by atoms with E-state index in [0.717, 1.165) is 31.0 Å². The monoisotopic (exact) mass is 430 g/mol. The highest BCUT2D eigenvalue weighted by Crippen LogP contribution is 2.34. The summed E-state index contributed by atoms with van der Waals surface area (Å²) in [6.07, 6.45) is 12.1. The minimum atomic E-state index is -0.0909. The van der Waals surface area contributed by atoms with Gasteiger partial charge in [0.2, 0.25) is 0 Å². The van der Waals surface area contributed by atoms with E-state index in [2.05, 4.69) is 44.0 Å². The summed E-state index contributed by atoms with van der Waals surface area (Å²) in [6, 6.07) is 7.40. The second-order valence-corrected chi connectivity index (χ2v) is 7.17. The Kier molecular flexibility index (Phi) is 6.66. The van der Waals surface area contributed by atoms with Gasteiger partial charge in [0, 0.05) is 49.1 Å². The SMILES string of the molecule is CCN(CC)CCNC(=O)c1ccc(N(c2cncnc2)c2nccn3ccnc23)cc1. The highest BCUT2D eigenvalue weighted by atomic mass is 16.1. The fourth-order valence-corrected chi connectivity index (χ4v) is 3.53. The van der Waals surface area contributed by atoms with Gasteiger partial charge in [-0.15, -0.1) is 0 Å². The summed E-state index contributed by atoms with van der Waals surface area (Å²) in [7, 11) is 0. The van der Waals surface area contributed by atoms with Crippen LogP contribution in [0.25, 0.3) is 5.65 Å². The highest BCUT2D eigenvalue weighted by molar-refractivity contribution is 5.95. The zero-order chi connectivity index (χ0) is 22.3. The number of hydrogen-bond donors (Lipinski definition) is 1. The first kappa shape index (κ1) is 21.4. The molecule has 0 bridgehead atoms. The van der Waals surface area contributed by atoms with Gasteiger partial charge in [0.05, 0.1) is 18.1 Å². The number of anilines is 3. The molecule has 0 aliphatic rings. The molecule has 0 saturated carbocycles. The maximum atomic E-state index is 12.6. The Morgan fingerprint density at radius 3 is 2.34 bits per heavy atom. The van der Waals surface area contributed by atoms with Crippen molar-refractivity contribution in [2.75, 3.05) is 31.1 Å². The standard InChI is InChI=1S/C23H26N8O/c1-3-29(4-2)12-9-28-23(32)18-5-7-19(8-6-18)31(20-15-24-17-25-16-20)22-21-26-10-13-30(21)14-11-27-22/h5-8,10-11,13-17H,3-4,9,12H2,1-2H3,(H,28,32). The van der Waals surface area contributed by atoms with Crippen molar-refractivity contribution in [2.24, 2.45) is 0 Å². The van der Waals surface area contributed by atoms with Crippen LogP contribution in [-0.4, -0.2) is 61.3 Å². The van der Waals surface area contributed by atoms with Gasteiger partial charge in [0.15, 0.2) is 11.5 Å². The first-order valence-electron chi connectivity index (χ1n) is 10.6. The number of imidazole rings is 1. The third-order valence-electron chi connectivity index (χ3n) is 5.31. The summed E-state index contributed by atoms with van der Waals surface area (Å²) >= 11 is 0. The van der Waals surface area contributed by atoms with Crippen molar-refractivity contribution in [3.8, 4) is 0 Å². The summed E-state index contributed by atoms with van der Waals surface area (Å²) in [5.74, 6) is 0.551. The van der Waals surface area contributed by atoms with Crippen molar-refractivity contribution in [3.63, 3.8) is 0 Å². The number of hydrogen-bond acceptors (Lipinski definition) is 7. The van der Waals surface area contributed by atoms with Gasteiger partial charge in [-0.2, -0.15) is 0 Å². The molecule has 164 valence electrons. The van der Waals surface area contributed by atoms with Crippen molar-refractivity contribution in [3.05, 3.63) is 73.3 Å². The zero-order valence-corrected chi connectivity index (χ0v) is 18.2. The van der Waals surface area contributed by atoms with Gasteiger partial charge in [-0.05, 0) is 37.4 Å². The van der Waals surface area contributed by atoms with Crippen molar-refractivity contribution >= 4 is 28.7 Å². The average Bonchev–Trinajstić information content (AvgIpc) is 3.33. The molecule has 0 spiro atoms. The molecule has 0 aliphatic carbocycles. The van der Waals surface area contributed by atoms with E-state index in [1.54, 1.807) is 24.8 Å². The molecule has 0 radical (unpaired) electrons. The van der Waals surface area contributed by atoms with Crippen LogP contribution in [0.1, 0.15) is 24.2 Å². The predicted molar refractivity (Wildman–Crippen MR) is 123 cm³/mol. The number of rotatable bonds is 9. The van der Waals surface area contributed by atoms with Gasteiger partial charge in [-0.1, -0.05) is 13.8 Å². The van der Waals surface area contributed by atoms with Crippen molar-refractivity contribution < 1.29 is 4.79 Å². The molecule has 0 saturated heterocycles. The van der Waals surface area contributed by atoms with E-state index in [1.165, 1.54) is 6.33 Å². The van der Waals surface area contributed by atoms with E-state index >= 15 is 0 Å². The quantitative estimate of drug-likeness (QED) is 0.436. The molecule has 1 amide bonds. The van der Waals surface area contributed by atoms with E-state index in [-0.39, 0.29) is 5.91 Å². The lowest BCUT2D eigenvalue weighted by atomic mass is 10.1. The fourth-order valence-electron chi connectivity index (χ4n) is 3.53. The van der Waals surface area contributed by atoms with Gasteiger partial charge >= 0.3 is 0 Å². The van der Waals surface area contributed by atoms with E-state index in [0.29, 0.717) is 23.6 Å². The Labute approximate surface area is 186 Å². The maximum absolute atomic E-state index is 12.6. The van der Waals surface area contributed by atoms with Gasteiger partial charge in [0.1, 0.15) is 6.33 Å². The predicted octanol–water partition coefficient (Wildman–Crippen LogP) is 3.06. The fraction of sp³-hybridized carbons (Fsp3) is 0.261. The van der Waals surface area contributed by atoms with Crippen LogP contribution in [-0.2, 0) is 0 Å². The number of likely N-dealkylation sites (N-methyl/N-ethyl adjacent to an activating group) is 1. The zero-order valence-electron chi connectivity index (χ0n) is 18.2. The smallest absolute Gasteiger partial charge is 0.251 e. The van der Waals surface area contributed by atoms with Crippen LogP contribution in [0.4, 0.5) is 17.2 Å². The number of amides is 1. The number of carbonyl (C=O) groups excluding carboxylic acids is 1. The van der Waals surface area contributed by atoms with Crippen LogP contribution >= 0.6 is 0 Å². The van der Waals surface area contributed by atoms with Gasteiger partial charge in [-0.25, -0.2) is 19.9 Å². The first-order chi connectivity index (χ1) is 15.7. The first-order valence-corrected chi connectivity index (χ1v) is 10.6. The van der Waals surface area contributed by atoms with Crippen molar-refractivity contribution in [1.82, 2.24) is 34.6 Å². The number of aromatic nitrogens is 5. The molecule has 3 heterocycles. The highest BCUT2D eigenvalue weighted by Gasteiger charge is 2.19. The lowest BCUT2D eigenvalue weighted by Crippen LogP contribution is -2.34. The van der Waals surface area contributed by atoms with Crippen LogP contribution in [0, 0.1) is 0 Å². The van der Waals surface area contributed by atoms with Gasteiger partial charge in [-0.3, -0.25) is 9.69 Å². The topological polar surface area (TPSA) is 91.5 Å². The molecule has 3 aromatic heterocycles. The van der Waals surface area contributed by atoms with Crippen LogP contribution in [0.15, 0.2) is 67.8 Å². The Morgan fingerprint density at radius 2 is 1.66 bits per heavy atom. The van der Waals surface area contributed by atoms with Crippen molar-refractivity contribution in [2.45, 2.75) is 13.8 Å².